The molecule has 5 nitrogen and oxygen atoms in total. The van der Waals surface area contributed by atoms with Gasteiger partial charge >= 0.3 is 5.97 Å². The minimum Gasteiger partial charge on any atom is -0.481 e. The zero-order chi connectivity index (χ0) is 22.2. The van der Waals surface area contributed by atoms with Gasteiger partial charge in [0.15, 0.2) is 0 Å². The standard InChI is InChI=1S/C25H37NO4S/c1-15(2)21-9-17-10-23(13-27)20-6-5-16(3)19(20)11-24(17,25(21,23)22(28)29)14-31-12-18-7-8-26(4)30-18/h9,13,15-20H,5-8,10-12,14H2,1-4H3,(H,28,29)/t16-,17+,18?,19-,20-,23-,24+,25+/m1/s1. The van der Waals surface area contributed by atoms with Gasteiger partial charge in [-0.3, -0.25) is 9.63 Å². The van der Waals surface area contributed by atoms with Crippen LogP contribution in [0.25, 0.3) is 0 Å². The van der Waals surface area contributed by atoms with Gasteiger partial charge in [-0.25, -0.2) is 0 Å². The second-order valence-electron chi connectivity index (χ2n) is 11.4. The molecule has 1 saturated heterocycles. The quantitative estimate of drug-likeness (QED) is 0.464. The second kappa shape index (κ2) is 7.33. The third-order valence-corrected chi connectivity index (χ3v) is 11.2. The van der Waals surface area contributed by atoms with Gasteiger partial charge in [-0.05, 0) is 55.3 Å². The highest BCUT2D eigenvalue weighted by molar-refractivity contribution is 7.99. The zero-order valence-electron chi connectivity index (χ0n) is 19.3. The number of hydrogen-bond donors (Lipinski definition) is 1. The summed E-state index contributed by atoms with van der Waals surface area (Å²) in [5.74, 6) is 2.57. The van der Waals surface area contributed by atoms with Crippen LogP contribution in [0, 0.1) is 45.8 Å². The monoisotopic (exact) mass is 447 g/mol. The fourth-order valence-electron chi connectivity index (χ4n) is 8.81. The maximum Gasteiger partial charge on any atom is 0.315 e. The molecule has 8 atom stereocenters. The molecule has 4 aliphatic carbocycles. The summed E-state index contributed by atoms with van der Waals surface area (Å²) in [6.07, 6.45) is 8.47. The van der Waals surface area contributed by atoms with E-state index in [-0.39, 0.29) is 29.3 Å². The molecule has 1 aliphatic heterocycles. The van der Waals surface area contributed by atoms with Gasteiger partial charge in [0, 0.05) is 30.5 Å². The predicted octanol–water partition coefficient (Wildman–Crippen LogP) is 4.28. The second-order valence-corrected chi connectivity index (χ2v) is 12.4. The van der Waals surface area contributed by atoms with Crippen molar-refractivity contribution in [2.45, 2.75) is 59.0 Å². The number of carbonyl (C=O) groups excluding carboxylic acids is 1. The molecule has 6 heteroatoms. The van der Waals surface area contributed by atoms with Crippen LogP contribution in [0.4, 0.5) is 0 Å². The summed E-state index contributed by atoms with van der Waals surface area (Å²) < 4.78 is 0. The van der Waals surface area contributed by atoms with Crippen molar-refractivity contribution in [2.75, 3.05) is 25.1 Å². The van der Waals surface area contributed by atoms with Crippen LogP contribution in [-0.2, 0) is 14.4 Å². The molecule has 0 aromatic carbocycles. The van der Waals surface area contributed by atoms with Gasteiger partial charge in [-0.2, -0.15) is 16.8 Å². The number of hydroxylamine groups is 2. The molecule has 0 aromatic rings. The van der Waals surface area contributed by atoms with E-state index < -0.39 is 16.8 Å². The molecule has 0 aromatic heterocycles. The van der Waals surface area contributed by atoms with Crippen molar-refractivity contribution in [3.05, 3.63) is 11.6 Å². The largest absolute Gasteiger partial charge is 0.481 e. The Balaban J connectivity index is 1.56. The minimum absolute atomic E-state index is 0.146. The Kier molecular flexibility index (Phi) is 5.19. The predicted molar refractivity (Wildman–Crippen MR) is 121 cm³/mol. The molecule has 0 amide bonds. The Morgan fingerprint density at radius 3 is 2.74 bits per heavy atom. The van der Waals surface area contributed by atoms with E-state index in [1.165, 1.54) is 0 Å². The lowest BCUT2D eigenvalue weighted by molar-refractivity contribution is -0.177. The topological polar surface area (TPSA) is 66.8 Å². The van der Waals surface area contributed by atoms with Crippen molar-refractivity contribution in [1.82, 2.24) is 5.06 Å². The molecular weight excluding hydrogens is 410 g/mol. The number of allylic oxidation sites excluding steroid dienone is 1. The zero-order valence-corrected chi connectivity index (χ0v) is 20.1. The van der Waals surface area contributed by atoms with Gasteiger partial charge in [-0.1, -0.05) is 38.8 Å². The molecule has 4 bridgehead atoms. The van der Waals surface area contributed by atoms with Crippen molar-refractivity contribution in [2.24, 2.45) is 45.8 Å². The van der Waals surface area contributed by atoms with Gasteiger partial charge in [0.1, 0.15) is 11.7 Å². The SMILES string of the molecule is CC(C)C1=C[C@H]2C[C@@]3(C=O)[C@@H]4CC[C@@H](C)[C@H]4C[C@@]2(CSCC2CCN(C)O2)[C@]13C(=O)O. The number of aldehydes is 1. The average molecular weight is 448 g/mol. The summed E-state index contributed by atoms with van der Waals surface area (Å²) in [7, 11) is 1.97. The molecule has 5 aliphatic rings. The summed E-state index contributed by atoms with van der Waals surface area (Å²) in [5, 5.41) is 12.9. The van der Waals surface area contributed by atoms with E-state index in [0.717, 1.165) is 62.0 Å². The number of rotatable bonds is 7. The maximum absolute atomic E-state index is 13.4. The van der Waals surface area contributed by atoms with Gasteiger partial charge in [0.25, 0.3) is 0 Å². The van der Waals surface area contributed by atoms with E-state index in [9.17, 15) is 14.7 Å². The number of carbonyl (C=O) groups is 2. The average Bonchev–Trinajstić information content (AvgIpc) is 3.42. The Labute approximate surface area is 190 Å². The fraction of sp³-hybridized carbons (Fsp3) is 0.840. The maximum atomic E-state index is 13.4. The van der Waals surface area contributed by atoms with Gasteiger partial charge in [0.05, 0.1) is 11.5 Å². The van der Waals surface area contributed by atoms with E-state index >= 15 is 0 Å². The molecule has 31 heavy (non-hydrogen) atoms. The normalized spacial score (nSPS) is 48.3. The summed E-state index contributed by atoms with van der Waals surface area (Å²) in [6, 6.07) is 0. The van der Waals surface area contributed by atoms with Gasteiger partial charge < -0.3 is 9.90 Å². The number of hydrogen-bond acceptors (Lipinski definition) is 5. The van der Waals surface area contributed by atoms with Crippen molar-refractivity contribution >= 4 is 24.0 Å². The van der Waals surface area contributed by atoms with Crippen molar-refractivity contribution in [3.63, 3.8) is 0 Å². The third-order valence-electron chi connectivity index (χ3n) is 9.88. The highest BCUT2D eigenvalue weighted by Crippen LogP contribution is 2.83. The summed E-state index contributed by atoms with van der Waals surface area (Å²) >= 11 is 1.87. The summed E-state index contributed by atoms with van der Waals surface area (Å²) in [6.45, 7) is 7.50. The van der Waals surface area contributed by atoms with Gasteiger partial charge in [-0.15, -0.1) is 0 Å². The van der Waals surface area contributed by atoms with Crippen LogP contribution >= 0.6 is 11.8 Å². The first-order valence-corrected chi connectivity index (χ1v) is 13.3. The number of carboxylic acid groups (broad SMARTS) is 1. The van der Waals surface area contributed by atoms with Gasteiger partial charge in [0.2, 0.25) is 0 Å². The van der Waals surface area contributed by atoms with Crippen LogP contribution < -0.4 is 0 Å². The van der Waals surface area contributed by atoms with Crippen LogP contribution in [0.1, 0.15) is 52.9 Å². The molecule has 1 unspecified atom stereocenters. The summed E-state index contributed by atoms with van der Waals surface area (Å²) in [5.41, 5.74) is -1.09. The van der Waals surface area contributed by atoms with Crippen molar-refractivity contribution in [1.29, 1.82) is 0 Å². The van der Waals surface area contributed by atoms with E-state index in [1.54, 1.807) is 0 Å². The van der Waals surface area contributed by atoms with Crippen LogP contribution in [-0.4, -0.2) is 53.6 Å². The van der Waals surface area contributed by atoms with E-state index in [1.807, 2.05) is 23.9 Å². The van der Waals surface area contributed by atoms with Crippen molar-refractivity contribution < 1.29 is 19.5 Å². The highest BCUT2D eigenvalue weighted by Gasteiger charge is 2.84. The molecule has 0 radical (unpaired) electrons. The molecule has 3 saturated carbocycles. The number of thioether (sulfide) groups is 1. The molecule has 4 fully saturated rings. The highest BCUT2D eigenvalue weighted by atomic mass is 32.2. The van der Waals surface area contributed by atoms with Crippen LogP contribution in [0.2, 0.25) is 0 Å². The lowest BCUT2D eigenvalue weighted by atomic mass is 9.43. The van der Waals surface area contributed by atoms with E-state index in [2.05, 4.69) is 26.8 Å². The summed E-state index contributed by atoms with van der Waals surface area (Å²) in [4.78, 5) is 32.2. The fourth-order valence-corrected chi connectivity index (χ4v) is 10.3. The number of fused-ring (bicyclic) bond motifs is 2. The smallest absolute Gasteiger partial charge is 0.315 e. The number of carboxylic acids is 1. The molecule has 1 heterocycles. The molecule has 0 spiro atoms. The first-order chi connectivity index (χ1) is 14.7. The lowest BCUT2D eigenvalue weighted by Crippen LogP contribution is -2.63. The number of aliphatic carboxylic acids is 1. The number of nitrogens with zero attached hydrogens (tertiary/aromatic N) is 1. The Morgan fingerprint density at radius 1 is 1.35 bits per heavy atom. The van der Waals surface area contributed by atoms with Crippen LogP contribution in [0.5, 0.6) is 0 Å². The molecule has 5 rings (SSSR count). The third kappa shape index (κ3) is 2.59. The van der Waals surface area contributed by atoms with Crippen LogP contribution in [0.15, 0.2) is 11.6 Å². The van der Waals surface area contributed by atoms with E-state index in [0.29, 0.717) is 11.8 Å². The van der Waals surface area contributed by atoms with E-state index in [4.69, 9.17) is 4.84 Å². The molecule has 172 valence electrons. The Morgan fingerprint density at radius 2 is 2.13 bits per heavy atom. The molecule has 1 N–H and O–H groups in total. The lowest BCUT2D eigenvalue weighted by Gasteiger charge is -2.58. The van der Waals surface area contributed by atoms with Crippen molar-refractivity contribution in [3.8, 4) is 0 Å². The Bertz CT molecular complexity index is 813. The first-order valence-electron chi connectivity index (χ1n) is 12.1. The minimum atomic E-state index is -1.04. The Hall–Kier alpha value is -0.850. The molecular formula is C25H37NO4S. The first kappa shape index (κ1) is 22.0. The van der Waals surface area contributed by atoms with Crippen LogP contribution in [0.3, 0.4) is 0 Å².